The summed E-state index contributed by atoms with van der Waals surface area (Å²) in [6, 6.07) is 0. The molecule has 0 aliphatic rings. The molecule has 0 aromatic carbocycles. The smallest absolute Gasteiger partial charge is 0.233 e. The second-order valence-corrected chi connectivity index (χ2v) is 6.13. The van der Waals surface area contributed by atoms with Crippen molar-refractivity contribution in [3.8, 4) is 0 Å². The topological polar surface area (TPSA) is 71.8 Å². The Morgan fingerprint density at radius 1 is 1.42 bits per heavy atom. The Hall–Kier alpha value is -1.43. The summed E-state index contributed by atoms with van der Waals surface area (Å²) in [5.41, 5.74) is 0.770. The zero-order valence-electron chi connectivity index (χ0n) is 12.5. The van der Waals surface area contributed by atoms with Crippen molar-refractivity contribution in [3.05, 3.63) is 11.9 Å². The van der Waals surface area contributed by atoms with Gasteiger partial charge in [-0.05, 0) is 26.7 Å². The van der Waals surface area contributed by atoms with Crippen LogP contribution in [0.15, 0.2) is 6.20 Å². The van der Waals surface area contributed by atoms with Gasteiger partial charge in [-0.3, -0.25) is 4.79 Å². The molecule has 1 amide bonds. The molecule has 1 rings (SSSR count). The van der Waals surface area contributed by atoms with Crippen LogP contribution in [-0.4, -0.2) is 34.0 Å². The van der Waals surface area contributed by atoms with E-state index in [1.165, 1.54) is 0 Å². The molecule has 0 bridgehead atoms. The van der Waals surface area contributed by atoms with E-state index in [-0.39, 0.29) is 11.4 Å². The Kier molecular flexibility index (Phi) is 5.47. The molecule has 2 N–H and O–H groups in total. The molecule has 0 saturated heterocycles. The van der Waals surface area contributed by atoms with Gasteiger partial charge in [-0.1, -0.05) is 19.1 Å². The summed E-state index contributed by atoms with van der Waals surface area (Å²) in [6.07, 6.45) is 1.90. The van der Waals surface area contributed by atoms with Crippen molar-refractivity contribution in [1.29, 1.82) is 0 Å². The van der Waals surface area contributed by atoms with Crippen molar-refractivity contribution in [2.75, 3.05) is 13.1 Å². The van der Waals surface area contributed by atoms with E-state index in [0.717, 1.165) is 5.69 Å². The average Bonchev–Trinajstić information content (AvgIpc) is 2.74. The number of nitrogens with zero attached hydrogens (tertiary/aromatic N) is 3. The molecule has 0 aliphatic carbocycles. The summed E-state index contributed by atoms with van der Waals surface area (Å²) in [6.45, 7) is 11.9. The van der Waals surface area contributed by atoms with Gasteiger partial charge in [-0.25, -0.2) is 4.68 Å². The van der Waals surface area contributed by atoms with E-state index in [0.29, 0.717) is 25.6 Å². The van der Waals surface area contributed by atoms with E-state index < -0.39 is 0 Å². The van der Waals surface area contributed by atoms with Crippen LogP contribution >= 0.6 is 0 Å². The van der Waals surface area contributed by atoms with Crippen LogP contribution in [0.25, 0.3) is 0 Å². The number of nitrogens with one attached hydrogen (secondary N) is 2. The predicted molar refractivity (Wildman–Crippen MR) is 74.6 cm³/mol. The molecule has 108 valence electrons. The molecule has 0 atom stereocenters. The summed E-state index contributed by atoms with van der Waals surface area (Å²) in [7, 11) is 0. The van der Waals surface area contributed by atoms with Crippen molar-refractivity contribution < 1.29 is 4.79 Å². The Bertz CT molecular complexity index is 405. The minimum atomic E-state index is -0.0696. The van der Waals surface area contributed by atoms with E-state index in [1.807, 2.05) is 10.9 Å². The van der Waals surface area contributed by atoms with Crippen LogP contribution in [0.2, 0.25) is 0 Å². The Morgan fingerprint density at radius 2 is 2.11 bits per heavy atom. The van der Waals surface area contributed by atoms with Crippen molar-refractivity contribution in [2.24, 2.45) is 5.92 Å². The number of aromatic nitrogens is 3. The number of hydrogen-bond acceptors (Lipinski definition) is 4. The highest BCUT2D eigenvalue weighted by molar-refractivity contribution is 5.77. The lowest BCUT2D eigenvalue weighted by Gasteiger charge is -2.17. The number of amides is 1. The average molecular weight is 267 g/mol. The first-order chi connectivity index (χ1) is 8.79. The van der Waals surface area contributed by atoms with Crippen molar-refractivity contribution >= 4 is 5.91 Å². The molecule has 6 heteroatoms. The summed E-state index contributed by atoms with van der Waals surface area (Å²) >= 11 is 0. The fraction of sp³-hybridized carbons (Fsp3) is 0.769. The SMILES string of the molecule is CC(C)CNC(=O)CNCc1cn(C(C)(C)C)nn1. The molecular formula is C13H25N5O. The molecule has 0 unspecified atom stereocenters. The number of carbonyl (C=O) groups is 1. The second kappa shape index (κ2) is 6.65. The zero-order chi connectivity index (χ0) is 14.5. The maximum absolute atomic E-state index is 11.5. The van der Waals surface area contributed by atoms with Crippen molar-refractivity contribution in [2.45, 2.75) is 46.7 Å². The fourth-order valence-corrected chi connectivity index (χ4v) is 1.39. The normalized spacial score (nSPS) is 11.9. The van der Waals surface area contributed by atoms with Crippen LogP contribution in [0.3, 0.4) is 0 Å². The third kappa shape index (κ3) is 5.83. The molecule has 0 aliphatic heterocycles. The zero-order valence-corrected chi connectivity index (χ0v) is 12.5. The number of carbonyl (C=O) groups excluding carboxylic acids is 1. The molecule has 1 aromatic rings. The Balaban J connectivity index is 2.30. The fourth-order valence-electron chi connectivity index (χ4n) is 1.39. The highest BCUT2D eigenvalue weighted by Gasteiger charge is 2.14. The lowest BCUT2D eigenvalue weighted by atomic mass is 10.1. The van der Waals surface area contributed by atoms with E-state index in [2.05, 4.69) is 55.6 Å². The third-order valence-corrected chi connectivity index (χ3v) is 2.53. The van der Waals surface area contributed by atoms with Gasteiger partial charge in [0.05, 0.1) is 24.0 Å². The molecule has 6 nitrogen and oxygen atoms in total. The molecule has 0 radical (unpaired) electrons. The molecule has 0 fully saturated rings. The molecule has 1 aromatic heterocycles. The largest absolute Gasteiger partial charge is 0.355 e. The van der Waals surface area contributed by atoms with Crippen molar-refractivity contribution in [1.82, 2.24) is 25.6 Å². The summed E-state index contributed by atoms with van der Waals surface area (Å²) in [5.74, 6) is 0.479. The maximum atomic E-state index is 11.5. The highest BCUT2D eigenvalue weighted by atomic mass is 16.1. The second-order valence-electron chi connectivity index (χ2n) is 6.13. The minimum absolute atomic E-state index is 0.0110. The summed E-state index contributed by atoms with van der Waals surface area (Å²) < 4.78 is 1.82. The van der Waals surface area contributed by atoms with Gasteiger partial charge in [-0.15, -0.1) is 5.10 Å². The number of hydrogen-bond donors (Lipinski definition) is 2. The molecule has 1 heterocycles. The maximum Gasteiger partial charge on any atom is 0.233 e. The van der Waals surface area contributed by atoms with Crippen LogP contribution in [0.5, 0.6) is 0 Å². The molecule has 0 spiro atoms. The van der Waals surface area contributed by atoms with Crippen LogP contribution in [0.1, 0.15) is 40.3 Å². The van der Waals surface area contributed by atoms with Gasteiger partial charge in [0.25, 0.3) is 0 Å². The van der Waals surface area contributed by atoms with Gasteiger partial charge >= 0.3 is 0 Å². The quantitative estimate of drug-likeness (QED) is 0.803. The van der Waals surface area contributed by atoms with E-state index in [4.69, 9.17) is 0 Å². The predicted octanol–water partition coefficient (Wildman–Crippen LogP) is 0.895. The van der Waals surface area contributed by atoms with Gasteiger partial charge in [0.2, 0.25) is 5.91 Å². The van der Waals surface area contributed by atoms with E-state index in [9.17, 15) is 4.79 Å². The van der Waals surface area contributed by atoms with E-state index in [1.54, 1.807) is 0 Å². The highest BCUT2D eigenvalue weighted by Crippen LogP contribution is 2.11. The van der Waals surface area contributed by atoms with Crippen LogP contribution < -0.4 is 10.6 Å². The van der Waals surface area contributed by atoms with Crippen LogP contribution in [-0.2, 0) is 16.9 Å². The van der Waals surface area contributed by atoms with Gasteiger partial charge in [0.1, 0.15) is 0 Å². The van der Waals surface area contributed by atoms with Crippen LogP contribution in [0, 0.1) is 5.92 Å². The van der Waals surface area contributed by atoms with Gasteiger partial charge in [-0.2, -0.15) is 0 Å². The van der Waals surface area contributed by atoms with Gasteiger partial charge in [0.15, 0.2) is 0 Å². The van der Waals surface area contributed by atoms with Gasteiger partial charge in [0, 0.05) is 13.1 Å². The summed E-state index contributed by atoms with van der Waals surface area (Å²) in [5, 5.41) is 14.1. The third-order valence-electron chi connectivity index (χ3n) is 2.53. The van der Waals surface area contributed by atoms with Crippen LogP contribution in [0.4, 0.5) is 0 Å². The molecule has 19 heavy (non-hydrogen) atoms. The first-order valence-corrected chi connectivity index (χ1v) is 6.68. The van der Waals surface area contributed by atoms with E-state index >= 15 is 0 Å². The Labute approximate surface area is 115 Å². The standard InChI is InChI=1S/C13H25N5O/c1-10(2)6-15-12(19)8-14-7-11-9-18(17-16-11)13(3,4)5/h9-10,14H,6-8H2,1-5H3,(H,15,19). The first-order valence-electron chi connectivity index (χ1n) is 6.68. The lowest BCUT2D eigenvalue weighted by Crippen LogP contribution is -2.35. The summed E-state index contributed by atoms with van der Waals surface area (Å²) in [4.78, 5) is 11.5. The van der Waals surface area contributed by atoms with Gasteiger partial charge < -0.3 is 10.6 Å². The molecule has 0 saturated carbocycles. The van der Waals surface area contributed by atoms with Crippen molar-refractivity contribution in [3.63, 3.8) is 0 Å². The monoisotopic (exact) mass is 267 g/mol. The minimum Gasteiger partial charge on any atom is -0.355 e. The Morgan fingerprint density at radius 3 is 2.63 bits per heavy atom. The molecular weight excluding hydrogens is 242 g/mol. The number of rotatable bonds is 6. The lowest BCUT2D eigenvalue weighted by molar-refractivity contribution is -0.120. The first kappa shape index (κ1) is 15.6.